The first-order chi connectivity index (χ1) is 2.81. The molecule has 0 amide bonds. The van der Waals surface area contributed by atoms with Crippen molar-refractivity contribution in [3.8, 4) is 0 Å². The summed E-state index contributed by atoms with van der Waals surface area (Å²) in [6, 6.07) is 0. The first-order valence-corrected chi connectivity index (χ1v) is 7.34. The summed E-state index contributed by atoms with van der Waals surface area (Å²) in [6.45, 7) is 4.33. The van der Waals surface area contributed by atoms with Crippen molar-refractivity contribution in [2.45, 2.75) is 24.3 Å². The van der Waals surface area contributed by atoms with Crippen molar-refractivity contribution >= 4 is 23.7 Å². The third kappa shape index (κ3) is 3.05. The molecule has 0 bridgehead atoms. The monoisotopic (exact) mass is 168 g/mol. The van der Waals surface area contributed by atoms with Gasteiger partial charge in [0.05, 0.1) is 0 Å². The Bertz CT molecular complexity index is 26.7. The van der Waals surface area contributed by atoms with Gasteiger partial charge in [0.25, 0.3) is 0 Å². The second kappa shape index (κ2) is 4.02. The average Bonchev–Trinajstić information content (AvgIpc) is 1.65. The second-order valence-electron chi connectivity index (χ2n) is 1.10. The first kappa shape index (κ1) is 6.85. The summed E-state index contributed by atoms with van der Waals surface area (Å²) >= 11 is -0.743. The van der Waals surface area contributed by atoms with E-state index in [0.717, 1.165) is 0 Å². The maximum atomic E-state index is 5.80. The molecule has 38 valence electrons. The van der Waals surface area contributed by atoms with E-state index in [1.807, 2.05) is 0 Å². The molecule has 0 nitrogen and oxygen atoms in total. The molecule has 0 aromatic rings. The van der Waals surface area contributed by atoms with E-state index in [2.05, 4.69) is 13.8 Å². The Hall–Kier alpha value is 0.848. The molecule has 0 spiro atoms. The predicted octanol–water partition coefficient (Wildman–Crippen LogP) is 2.26. The fourth-order valence-corrected chi connectivity index (χ4v) is 1.16. The van der Waals surface area contributed by atoms with E-state index in [0.29, 0.717) is 0 Å². The van der Waals surface area contributed by atoms with Gasteiger partial charge < -0.3 is 0 Å². The van der Waals surface area contributed by atoms with E-state index in [1.54, 1.807) is 0 Å². The number of hydrogen-bond donors (Lipinski definition) is 0. The van der Waals surface area contributed by atoms with Gasteiger partial charge in [-0.2, -0.15) is 0 Å². The van der Waals surface area contributed by atoms with Gasteiger partial charge in [0.1, 0.15) is 0 Å². The summed E-state index contributed by atoms with van der Waals surface area (Å²) in [7, 11) is 5.80. The van der Waals surface area contributed by atoms with Crippen LogP contribution in [0.2, 0.25) is 10.4 Å². The van der Waals surface area contributed by atoms with Crippen LogP contribution in [-0.2, 0) is 0 Å². The van der Waals surface area contributed by atoms with Crippen molar-refractivity contribution in [3.05, 3.63) is 0 Å². The molecule has 0 aromatic heterocycles. The normalized spacial score (nSPS) is 10.0. The van der Waals surface area contributed by atoms with Crippen molar-refractivity contribution in [1.82, 2.24) is 0 Å². The molecule has 0 aliphatic heterocycles. The topological polar surface area (TPSA) is 0 Å². The van der Waals surface area contributed by atoms with Gasteiger partial charge in [-0.3, -0.25) is 0 Å². The molecule has 0 aromatic carbocycles. The molecule has 0 radical (unpaired) electrons. The van der Waals surface area contributed by atoms with Crippen molar-refractivity contribution in [2.24, 2.45) is 0 Å². The zero-order valence-corrected chi connectivity index (χ0v) is 6.87. The summed E-state index contributed by atoms with van der Waals surface area (Å²) in [5, 5.41) is 2.48. The van der Waals surface area contributed by atoms with Gasteiger partial charge in [-0.05, 0) is 0 Å². The quantitative estimate of drug-likeness (QED) is 0.555. The van der Waals surface area contributed by atoms with Crippen LogP contribution < -0.4 is 0 Å². The Balaban J connectivity index is 2.75. The molecular formula is C4H10AsCl. The van der Waals surface area contributed by atoms with Crippen molar-refractivity contribution in [1.29, 1.82) is 0 Å². The second-order valence-corrected chi connectivity index (χ2v) is 8.17. The average molecular weight is 168 g/mol. The van der Waals surface area contributed by atoms with E-state index >= 15 is 0 Å². The maximum absolute atomic E-state index is 5.80. The Morgan fingerprint density at radius 1 is 1.33 bits per heavy atom. The summed E-state index contributed by atoms with van der Waals surface area (Å²) < 4.78 is 0. The van der Waals surface area contributed by atoms with E-state index in [1.165, 1.54) is 10.4 Å². The minimum absolute atomic E-state index is 0.743. The van der Waals surface area contributed by atoms with E-state index in [-0.39, 0.29) is 0 Å². The van der Waals surface area contributed by atoms with Crippen LogP contribution in [-0.4, -0.2) is 13.7 Å². The molecule has 0 atom stereocenters. The molecular weight excluding hydrogens is 158 g/mol. The minimum atomic E-state index is -0.743. The van der Waals surface area contributed by atoms with Gasteiger partial charge >= 0.3 is 47.9 Å². The van der Waals surface area contributed by atoms with Gasteiger partial charge in [0, 0.05) is 0 Å². The van der Waals surface area contributed by atoms with Crippen molar-refractivity contribution < 1.29 is 0 Å². The Kier molecular flexibility index (Phi) is 4.59. The molecule has 2 heteroatoms. The van der Waals surface area contributed by atoms with Gasteiger partial charge in [0.2, 0.25) is 0 Å². The summed E-state index contributed by atoms with van der Waals surface area (Å²) in [5.74, 6) is 0. The summed E-state index contributed by atoms with van der Waals surface area (Å²) in [6.07, 6.45) is 0. The molecule has 0 N–H and O–H groups in total. The van der Waals surface area contributed by atoms with E-state index < -0.39 is 13.7 Å². The van der Waals surface area contributed by atoms with Crippen LogP contribution in [0.5, 0.6) is 0 Å². The summed E-state index contributed by atoms with van der Waals surface area (Å²) in [4.78, 5) is 0. The number of halogens is 1. The first-order valence-electron chi connectivity index (χ1n) is 2.22. The zero-order chi connectivity index (χ0) is 4.99. The van der Waals surface area contributed by atoms with Crippen LogP contribution >= 0.6 is 9.95 Å². The number of hydrogen-bond acceptors (Lipinski definition) is 0. The van der Waals surface area contributed by atoms with Crippen LogP contribution in [0.25, 0.3) is 0 Å². The molecule has 0 heterocycles. The third-order valence-electron chi connectivity index (χ3n) is 0.686. The molecule has 0 saturated heterocycles. The predicted molar refractivity (Wildman–Crippen MR) is 32.6 cm³/mol. The molecule has 6 heavy (non-hydrogen) atoms. The van der Waals surface area contributed by atoms with Gasteiger partial charge in [-0.1, -0.05) is 0 Å². The van der Waals surface area contributed by atoms with Crippen LogP contribution in [0.3, 0.4) is 0 Å². The SMILES string of the molecule is CC[As](Cl)CC. The third-order valence-corrected chi connectivity index (χ3v) is 6.05. The Labute approximate surface area is 48.3 Å². The Morgan fingerprint density at radius 3 is 1.67 bits per heavy atom. The fourth-order valence-electron chi connectivity index (χ4n) is 0.224. The van der Waals surface area contributed by atoms with Gasteiger partial charge in [-0.15, -0.1) is 0 Å². The van der Waals surface area contributed by atoms with E-state index in [9.17, 15) is 0 Å². The molecule has 0 aliphatic rings. The van der Waals surface area contributed by atoms with Crippen LogP contribution in [0.15, 0.2) is 0 Å². The molecule has 0 saturated carbocycles. The van der Waals surface area contributed by atoms with Gasteiger partial charge in [-0.25, -0.2) is 0 Å². The molecule has 0 aliphatic carbocycles. The van der Waals surface area contributed by atoms with Gasteiger partial charge in [0.15, 0.2) is 0 Å². The number of rotatable bonds is 2. The zero-order valence-electron chi connectivity index (χ0n) is 4.24. The Morgan fingerprint density at radius 2 is 1.67 bits per heavy atom. The van der Waals surface area contributed by atoms with Crippen molar-refractivity contribution in [2.75, 3.05) is 0 Å². The molecule has 0 fully saturated rings. The summed E-state index contributed by atoms with van der Waals surface area (Å²) in [5.41, 5.74) is 0. The van der Waals surface area contributed by atoms with Crippen LogP contribution in [0.1, 0.15) is 13.8 Å². The van der Waals surface area contributed by atoms with Crippen LogP contribution in [0.4, 0.5) is 0 Å². The van der Waals surface area contributed by atoms with Crippen LogP contribution in [0, 0.1) is 0 Å². The molecule has 0 rings (SSSR count). The standard InChI is InChI=1S/C4H10AsCl/c1-3-5(6)4-2/h3-4H2,1-2H3. The fraction of sp³-hybridized carbons (Fsp3) is 1.00. The molecule has 0 unspecified atom stereocenters. The van der Waals surface area contributed by atoms with E-state index in [4.69, 9.17) is 9.95 Å². The van der Waals surface area contributed by atoms with Crippen molar-refractivity contribution in [3.63, 3.8) is 0 Å².